The van der Waals surface area contributed by atoms with Gasteiger partial charge >= 0.3 is 7.60 Å². The predicted octanol–water partition coefficient (Wildman–Crippen LogP) is 6.52. The first kappa shape index (κ1) is 33.1. The molecule has 0 amide bonds. The Hall–Kier alpha value is -2.36. The van der Waals surface area contributed by atoms with Gasteiger partial charge in [0.15, 0.2) is 11.5 Å². The van der Waals surface area contributed by atoms with Crippen molar-refractivity contribution in [2.75, 3.05) is 31.9 Å². The Balaban J connectivity index is 1.08. The van der Waals surface area contributed by atoms with Gasteiger partial charge in [-0.15, -0.1) is 0 Å². The fourth-order valence-corrected chi connectivity index (χ4v) is 5.61. The molecule has 0 aliphatic carbocycles. The average Bonchev–Trinajstić information content (AvgIpc) is 3.38. The number of nitrogen functional groups attached to an aromatic ring is 1. The molecule has 0 radical (unpaired) electrons. The molecule has 0 aliphatic heterocycles. The summed E-state index contributed by atoms with van der Waals surface area (Å²) in [5.74, 6) is 0.307. The smallest absolute Gasteiger partial charge is 0.353 e. The first-order valence-corrected chi connectivity index (χ1v) is 16.8. The Bertz CT molecular complexity index is 1160. The van der Waals surface area contributed by atoms with Crippen molar-refractivity contribution >= 4 is 24.6 Å². The van der Waals surface area contributed by atoms with Gasteiger partial charge in [-0.2, -0.15) is 0 Å². The van der Waals surface area contributed by atoms with Crippen molar-refractivity contribution in [1.29, 1.82) is 0 Å². The molecular weight excluding hydrogens is 541 g/mol. The quantitative estimate of drug-likeness (QED) is 0.0935. The van der Waals surface area contributed by atoms with Crippen LogP contribution in [-0.4, -0.2) is 56.7 Å². The second kappa shape index (κ2) is 18.9. The lowest BCUT2D eigenvalue weighted by atomic mass is 10.0. The van der Waals surface area contributed by atoms with Crippen LogP contribution >= 0.6 is 7.60 Å². The van der Waals surface area contributed by atoms with Gasteiger partial charge in [-0.25, -0.2) is 15.0 Å². The van der Waals surface area contributed by atoms with Gasteiger partial charge in [0.1, 0.15) is 18.2 Å². The zero-order valence-corrected chi connectivity index (χ0v) is 25.4. The normalized spacial score (nSPS) is 13.9. The van der Waals surface area contributed by atoms with Crippen LogP contribution < -0.4 is 5.73 Å². The van der Waals surface area contributed by atoms with Gasteiger partial charge in [0.25, 0.3) is 0 Å². The number of anilines is 1. The second-order valence-electron chi connectivity index (χ2n) is 10.6. The van der Waals surface area contributed by atoms with Crippen LogP contribution in [0.2, 0.25) is 0 Å². The molecule has 3 aromatic rings. The number of aryl methyl sites for hydroxylation is 1. The summed E-state index contributed by atoms with van der Waals surface area (Å²) in [5, 5.41) is 0. The maximum absolute atomic E-state index is 12.3. The van der Waals surface area contributed by atoms with Gasteiger partial charge in [-0.1, -0.05) is 81.7 Å². The zero-order valence-electron chi connectivity index (χ0n) is 24.5. The summed E-state index contributed by atoms with van der Waals surface area (Å²) >= 11 is 0. The molecule has 11 heteroatoms. The minimum Gasteiger partial charge on any atom is -0.382 e. The summed E-state index contributed by atoms with van der Waals surface area (Å²) in [4.78, 5) is 22.4. The summed E-state index contributed by atoms with van der Waals surface area (Å²) in [6.45, 7) is 3.59. The molecular formula is C30H48N5O5P. The Morgan fingerprint density at radius 2 is 1.54 bits per heavy atom. The SMILES string of the molecule is C[C@H](Cn1cnc2c(N)ncnc21)OCP(=O)(O)OCCCOCCCCCCCCCCCCc1ccccc1. The molecule has 0 spiro atoms. The predicted molar refractivity (Wildman–Crippen MR) is 163 cm³/mol. The topological polar surface area (TPSA) is 135 Å². The van der Waals surface area contributed by atoms with E-state index >= 15 is 0 Å². The summed E-state index contributed by atoms with van der Waals surface area (Å²) < 4.78 is 30.5. The van der Waals surface area contributed by atoms with E-state index in [1.54, 1.807) is 17.8 Å². The second-order valence-corrected chi connectivity index (χ2v) is 12.4. The monoisotopic (exact) mass is 589 g/mol. The van der Waals surface area contributed by atoms with Gasteiger partial charge in [0.05, 0.1) is 25.6 Å². The number of nitrogens with zero attached hydrogens (tertiary/aromatic N) is 4. The van der Waals surface area contributed by atoms with Crippen molar-refractivity contribution in [3.05, 3.63) is 48.5 Å². The molecule has 2 atom stereocenters. The van der Waals surface area contributed by atoms with Gasteiger partial charge in [0.2, 0.25) is 0 Å². The highest BCUT2D eigenvalue weighted by Gasteiger charge is 2.21. The Kier molecular flexibility index (Phi) is 15.3. The summed E-state index contributed by atoms with van der Waals surface area (Å²) in [5.41, 5.74) is 8.37. The number of unbranched alkanes of at least 4 members (excludes halogenated alkanes) is 9. The summed E-state index contributed by atoms with van der Waals surface area (Å²) in [6, 6.07) is 10.8. The maximum Gasteiger partial charge on any atom is 0.353 e. The summed E-state index contributed by atoms with van der Waals surface area (Å²) in [7, 11) is -3.84. The van der Waals surface area contributed by atoms with Crippen LogP contribution in [0.4, 0.5) is 5.82 Å². The average molecular weight is 590 g/mol. The highest BCUT2D eigenvalue weighted by molar-refractivity contribution is 7.52. The van der Waals surface area contributed by atoms with Crippen LogP contribution in [0.15, 0.2) is 43.0 Å². The van der Waals surface area contributed by atoms with Crippen molar-refractivity contribution < 1.29 is 23.5 Å². The molecule has 0 saturated heterocycles. The number of benzene rings is 1. The third-order valence-corrected chi connectivity index (χ3v) is 8.04. The molecule has 0 aliphatic rings. The lowest BCUT2D eigenvalue weighted by Gasteiger charge is -2.17. The molecule has 228 valence electrons. The molecule has 0 saturated carbocycles. The van der Waals surface area contributed by atoms with E-state index in [-0.39, 0.29) is 19.1 Å². The van der Waals surface area contributed by atoms with E-state index in [4.69, 9.17) is 19.7 Å². The van der Waals surface area contributed by atoms with E-state index in [2.05, 4.69) is 45.3 Å². The molecule has 1 aromatic carbocycles. The standard InChI is InChI=1S/C30H48N5O5P/c1-26(22-35-24-34-28-29(31)32-23-33-30(28)35)39-25-41(36,37)40-21-15-20-38-19-14-9-7-5-3-2-4-6-8-11-16-27-17-12-10-13-18-27/h10,12-13,17-18,23-24,26H,2-9,11,14-16,19-22,25H2,1H3,(H,36,37)(H2,31,32,33)/t26-/m1/s1. The molecule has 0 bridgehead atoms. The molecule has 1 unspecified atom stereocenters. The van der Waals surface area contributed by atoms with E-state index in [1.807, 2.05) is 0 Å². The van der Waals surface area contributed by atoms with Crippen LogP contribution in [0.25, 0.3) is 11.2 Å². The largest absolute Gasteiger partial charge is 0.382 e. The van der Waals surface area contributed by atoms with Crippen LogP contribution in [-0.2, 0) is 31.5 Å². The fraction of sp³-hybridized carbons (Fsp3) is 0.633. The van der Waals surface area contributed by atoms with Crippen molar-refractivity contribution in [3.8, 4) is 0 Å². The van der Waals surface area contributed by atoms with Crippen LogP contribution in [0, 0.1) is 0 Å². The van der Waals surface area contributed by atoms with Gasteiger partial charge < -0.3 is 29.2 Å². The molecule has 41 heavy (non-hydrogen) atoms. The molecule has 10 nitrogen and oxygen atoms in total. The summed E-state index contributed by atoms with van der Waals surface area (Å²) in [6.07, 6.45) is 16.8. The third kappa shape index (κ3) is 13.4. The van der Waals surface area contributed by atoms with Crippen molar-refractivity contribution in [2.24, 2.45) is 0 Å². The number of aromatic nitrogens is 4. The van der Waals surface area contributed by atoms with Crippen molar-refractivity contribution in [2.45, 2.75) is 96.6 Å². The lowest BCUT2D eigenvalue weighted by Crippen LogP contribution is -2.17. The first-order chi connectivity index (χ1) is 19.9. The van der Waals surface area contributed by atoms with Gasteiger partial charge in [-0.3, -0.25) is 4.57 Å². The molecule has 2 heterocycles. The lowest BCUT2D eigenvalue weighted by molar-refractivity contribution is 0.0688. The number of hydrogen-bond donors (Lipinski definition) is 2. The van der Waals surface area contributed by atoms with Gasteiger partial charge in [-0.05, 0) is 38.2 Å². The van der Waals surface area contributed by atoms with Crippen molar-refractivity contribution in [1.82, 2.24) is 19.5 Å². The third-order valence-electron chi connectivity index (χ3n) is 6.98. The minimum atomic E-state index is -3.84. The maximum atomic E-state index is 12.3. The Morgan fingerprint density at radius 3 is 2.27 bits per heavy atom. The highest BCUT2D eigenvalue weighted by Crippen LogP contribution is 2.42. The number of rotatable bonds is 23. The van der Waals surface area contributed by atoms with Gasteiger partial charge in [0, 0.05) is 13.2 Å². The van der Waals surface area contributed by atoms with E-state index in [0.29, 0.717) is 36.6 Å². The number of fused-ring (bicyclic) bond motifs is 1. The number of ether oxygens (including phenoxy) is 2. The molecule has 3 N–H and O–H groups in total. The zero-order chi connectivity index (χ0) is 29.2. The fourth-order valence-electron chi connectivity index (χ4n) is 4.68. The van der Waals surface area contributed by atoms with Crippen LogP contribution in [0.5, 0.6) is 0 Å². The number of nitrogens with two attached hydrogens (primary N) is 1. The number of hydrogen-bond acceptors (Lipinski definition) is 8. The van der Waals surface area contributed by atoms with E-state index < -0.39 is 7.60 Å². The van der Waals surface area contributed by atoms with Crippen LogP contribution in [0.3, 0.4) is 0 Å². The molecule has 3 rings (SSSR count). The van der Waals surface area contributed by atoms with Crippen LogP contribution in [0.1, 0.15) is 83.1 Å². The Morgan fingerprint density at radius 1 is 0.878 bits per heavy atom. The minimum absolute atomic E-state index is 0.153. The van der Waals surface area contributed by atoms with E-state index in [1.165, 1.54) is 76.1 Å². The van der Waals surface area contributed by atoms with E-state index in [0.717, 1.165) is 13.0 Å². The molecule has 2 aromatic heterocycles. The van der Waals surface area contributed by atoms with Crippen molar-refractivity contribution in [3.63, 3.8) is 0 Å². The van der Waals surface area contributed by atoms with E-state index in [9.17, 15) is 9.46 Å². The molecule has 0 fully saturated rings. The highest BCUT2D eigenvalue weighted by atomic mass is 31.2. The Labute approximate surface area is 244 Å². The number of imidazole rings is 1. The first-order valence-electron chi connectivity index (χ1n) is 15.1.